The third kappa shape index (κ3) is 4.73. The molecule has 1 saturated heterocycles. The number of likely N-dealkylation sites (tertiary alicyclic amines) is 1. The van der Waals surface area contributed by atoms with Gasteiger partial charge in [-0.2, -0.15) is 5.26 Å². The van der Waals surface area contributed by atoms with Crippen LogP contribution in [0.15, 0.2) is 11.4 Å². The number of nitriles is 1. The fourth-order valence-corrected chi connectivity index (χ4v) is 2.96. The van der Waals surface area contributed by atoms with Crippen molar-refractivity contribution >= 4 is 17.4 Å². The molecule has 0 radical (unpaired) electrons. The van der Waals surface area contributed by atoms with Gasteiger partial charge in [0.05, 0.1) is 5.56 Å². The monoisotopic (exact) mass is 307 g/mol. The Balaban J connectivity index is 1.77. The van der Waals surface area contributed by atoms with E-state index in [9.17, 15) is 4.79 Å². The van der Waals surface area contributed by atoms with Gasteiger partial charge >= 0.3 is 6.09 Å². The number of thiophene rings is 1. The highest BCUT2D eigenvalue weighted by atomic mass is 32.1. The molecule has 1 atom stereocenters. The summed E-state index contributed by atoms with van der Waals surface area (Å²) in [6, 6.07) is 4.32. The molecule has 6 heteroatoms. The normalized spacial score (nSPS) is 18.6. The summed E-state index contributed by atoms with van der Waals surface area (Å²) in [5.74, 6) is 0. The Morgan fingerprint density at radius 3 is 3.00 bits per heavy atom. The lowest BCUT2D eigenvalue weighted by atomic mass is 10.2. The summed E-state index contributed by atoms with van der Waals surface area (Å²) in [6.07, 6.45) is 0.685. The summed E-state index contributed by atoms with van der Waals surface area (Å²) < 4.78 is 5.38. The van der Waals surface area contributed by atoms with E-state index in [1.807, 2.05) is 32.2 Å². The van der Waals surface area contributed by atoms with Crippen molar-refractivity contribution < 1.29 is 9.53 Å². The van der Waals surface area contributed by atoms with Crippen molar-refractivity contribution in [3.8, 4) is 6.07 Å². The van der Waals surface area contributed by atoms with Crippen molar-refractivity contribution in [3.63, 3.8) is 0 Å². The highest BCUT2D eigenvalue weighted by Crippen LogP contribution is 2.17. The molecule has 0 aromatic carbocycles. The quantitative estimate of drug-likeness (QED) is 0.932. The Morgan fingerprint density at radius 1 is 1.62 bits per heavy atom. The molecule has 1 aromatic rings. The fraction of sp³-hybridized carbons (Fsp3) is 0.600. The molecular formula is C15H21N3O2S. The Hall–Kier alpha value is -1.58. The van der Waals surface area contributed by atoms with Crippen LogP contribution in [0.5, 0.6) is 0 Å². The average molecular weight is 307 g/mol. The summed E-state index contributed by atoms with van der Waals surface area (Å²) >= 11 is 1.58. The van der Waals surface area contributed by atoms with Crippen LogP contribution >= 0.6 is 11.3 Å². The van der Waals surface area contributed by atoms with E-state index in [0.717, 1.165) is 24.4 Å². The largest absolute Gasteiger partial charge is 0.444 e. The number of nitrogens with one attached hydrogen (secondary N) is 1. The van der Waals surface area contributed by atoms with Crippen LogP contribution in [0.4, 0.5) is 4.79 Å². The maximum Gasteiger partial charge on any atom is 0.410 e. The third-order valence-electron chi connectivity index (χ3n) is 3.19. The van der Waals surface area contributed by atoms with E-state index in [1.54, 1.807) is 16.2 Å². The van der Waals surface area contributed by atoms with Crippen molar-refractivity contribution in [2.24, 2.45) is 0 Å². The van der Waals surface area contributed by atoms with Gasteiger partial charge in [0.1, 0.15) is 11.7 Å². The van der Waals surface area contributed by atoms with Gasteiger partial charge in [0.15, 0.2) is 0 Å². The number of hydrogen-bond acceptors (Lipinski definition) is 5. The molecule has 1 aromatic heterocycles. The minimum absolute atomic E-state index is 0.241. The topological polar surface area (TPSA) is 65.4 Å². The number of amides is 1. The van der Waals surface area contributed by atoms with Crippen molar-refractivity contribution in [2.45, 2.75) is 45.4 Å². The summed E-state index contributed by atoms with van der Waals surface area (Å²) in [5.41, 5.74) is 0.256. The molecule has 0 aliphatic carbocycles. The highest BCUT2D eigenvalue weighted by molar-refractivity contribution is 7.10. The zero-order valence-corrected chi connectivity index (χ0v) is 13.5. The van der Waals surface area contributed by atoms with Gasteiger partial charge in [-0.25, -0.2) is 4.79 Å². The van der Waals surface area contributed by atoms with Crippen LogP contribution in [0.1, 0.15) is 37.6 Å². The number of rotatable bonds is 3. The van der Waals surface area contributed by atoms with E-state index in [0.29, 0.717) is 12.1 Å². The van der Waals surface area contributed by atoms with Crippen LogP contribution in [0.25, 0.3) is 0 Å². The van der Waals surface area contributed by atoms with Gasteiger partial charge in [0.25, 0.3) is 0 Å². The minimum atomic E-state index is -0.451. The van der Waals surface area contributed by atoms with Crippen LogP contribution in [-0.2, 0) is 11.3 Å². The van der Waals surface area contributed by atoms with Gasteiger partial charge < -0.3 is 15.0 Å². The van der Waals surface area contributed by atoms with Crippen molar-refractivity contribution in [3.05, 3.63) is 21.9 Å². The maximum absolute atomic E-state index is 12.0. The lowest BCUT2D eigenvalue weighted by molar-refractivity contribution is 0.0291. The first-order valence-electron chi connectivity index (χ1n) is 7.06. The predicted molar refractivity (Wildman–Crippen MR) is 82.1 cm³/mol. The second kappa shape index (κ2) is 6.46. The molecule has 0 bridgehead atoms. The molecule has 2 rings (SSSR count). The van der Waals surface area contributed by atoms with Crippen LogP contribution in [0, 0.1) is 11.3 Å². The molecule has 0 saturated carbocycles. The molecule has 1 fully saturated rings. The van der Waals surface area contributed by atoms with Gasteiger partial charge in [-0.15, -0.1) is 11.3 Å². The predicted octanol–water partition coefficient (Wildman–Crippen LogP) is 2.72. The van der Waals surface area contributed by atoms with Crippen LogP contribution in [0.2, 0.25) is 0 Å². The zero-order chi connectivity index (χ0) is 15.5. The summed E-state index contributed by atoms with van der Waals surface area (Å²) in [7, 11) is 0. The molecule has 2 heterocycles. The maximum atomic E-state index is 12.0. The SMILES string of the molecule is CC(C)(C)OC(=O)N1CCC(NCc2cc(C#N)cs2)C1. The molecule has 1 N–H and O–H groups in total. The summed E-state index contributed by atoms with van der Waals surface area (Å²) in [6.45, 7) is 7.76. The van der Waals surface area contributed by atoms with Crippen molar-refractivity contribution in [1.29, 1.82) is 5.26 Å². The zero-order valence-electron chi connectivity index (χ0n) is 12.7. The molecule has 1 aliphatic heterocycles. The third-order valence-corrected chi connectivity index (χ3v) is 4.12. The molecule has 1 amide bonds. The van der Waals surface area contributed by atoms with Gasteiger partial charge in [0, 0.05) is 35.9 Å². The molecule has 21 heavy (non-hydrogen) atoms. The number of carbonyl (C=O) groups is 1. The van der Waals surface area contributed by atoms with Crippen LogP contribution in [-0.4, -0.2) is 35.7 Å². The summed E-state index contributed by atoms with van der Waals surface area (Å²) in [4.78, 5) is 14.9. The van der Waals surface area contributed by atoms with Gasteiger partial charge in [-0.1, -0.05) is 0 Å². The fourth-order valence-electron chi connectivity index (χ4n) is 2.20. The van der Waals surface area contributed by atoms with E-state index >= 15 is 0 Å². The standard InChI is InChI=1S/C15H21N3O2S/c1-15(2,3)20-14(19)18-5-4-12(9-18)17-8-13-6-11(7-16)10-21-13/h6,10,12,17H,4-5,8-9H2,1-3H3. The molecule has 5 nitrogen and oxygen atoms in total. The molecular weight excluding hydrogens is 286 g/mol. The van der Waals surface area contributed by atoms with Crippen LogP contribution < -0.4 is 5.32 Å². The number of hydrogen-bond donors (Lipinski definition) is 1. The first-order chi connectivity index (χ1) is 9.87. The lowest BCUT2D eigenvalue weighted by Gasteiger charge is -2.24. The van der Waals surface area contributed by atoms with Gasteiger partial charge in [-0.05, 0) is 33.3 Å². The Labute approximate surface area is 129 Å². The summed E-state index contributed by atoms with van der Waals surface area (Å²) in [5, 5.41) is 14.1. The smallest absolute Gasteiger partial charge is 0.410 e. The van der Waals surface area contributed by atoms with Crippen LogP contribution in [0.3, 0.4) is 0 Å². The van der Waals surface area contributed by atoms with Gasteiger partial charge in [-0.3, -0.25) is 0 Å². The van der Waals surface area contributed by atoms with E-state index in [4.69, 9.17) is 10.00 Å². The van der Waals surface area contributed by atoms with Crippen molar-refractivity contribution in [2.75, 3.05) is 13.1 Å². The number of ether oxygens (including phenoxy) is 1. The first-order valence-corrected chi connectivity index (χ1v) is 7.94. The van der Waals surface area contributed by atoms with E-state index in [1.165, 1.54) is 0 Å². The average Bonchev–Trinajstić information content (AvgIpc) is 3.03. The van der Waals surface area contributed by atoms with E-state index in [-0.39, 0.29) is 12.1 Å². The second-order valence-electron chi connectivity index (χ2n) is 6.21. The molecule has 1 unspecified atom stereocenters. The Bertz CT molecular complexity index is 542. The second-order valence-corrected chi connectivity index (χ2v) is 7.20. The van der Waals surface area contributed by atoms with Gasteiger partial charge in [0.2, 0.25) is 0 Å². The van der Waals surface area contributed by atoms with Crippen molar-refractivity contribution in [1.82, 2.24) is 10.2 Å². The Kier molecular flexibility index (Phi) is 4.86. The Morgan fingerprint density at radius 2 is 2.38 bits per heavy atom. The molecule has 0 spiro atoms. The van der Waals surface area contributed by atoms with E-state index in [2.05, 4.69) is 11.4 Å². The molecule has 1 aliphatic rings. The lowest BCUT2D eigenvalue weighted by Crippen LogP contribution is -2.38. The number of carbonyl (C=O) groups excluding carboxylic acids is 1. The molecule has 114 valence electrons. The minimum Gasteiger partial charge on any atom is -0.444 e. The number of nitrogens with zero attached hydrogens (tertiary/aromatic N) is 2. The first kappa shape index (κ1) is 15.8. The van der Waals surface area contributed by atoms with E-state index < -0.39 is 5.60 Å². The highest BCUT2D eigenvalue weighted by Gasteiger charge is 2.29.